The summed E-state index contributed by atoms with van der Waals surface area (Å²) in [6.45, 7) is 3.68. The van der Waals surface area contributed by atoms with Crippen molar-refractivity contribution in [3.63, 3.8) is 0 Å². The Morgan fingerprint density at radius 2 is 2.11 bits per heavy atom. The average molecular weight is 247 g/mol. The molecule has 1 heterocycles. The van der Waals surface area contributed by atoms with Crippen molar-refractivity contribution in [3.05, 3.63) is 41.1 Å². The van der Waals surface area contributed by atoms with E-state index in [1.165, 1.54) is 0 Å². The number of hydrogen-bond donors (Lipinski definition) is 0. The molecule has 2 rings (SSSR count). The predicted octanol–water partition coefficient (Wildman–Crippen LogP) is 2.10. The van der Waals surface area contributed by atoms with Crippen molar-refractivity contribution in [2.75, 3.05) is 6.61 Å². The molecule has 18 heavy (non-hydrogen) atoms. The lowest BCUT2D eigenvalue weighted by Gasteiger charge is -2.21. The van der Waals surface area contributed by atoms with Gasteiger partial charge in [-0.2, -0.15) is 4.74 Å². The van der Waals surface area contributed by atoms with Gasteiger partial charge in [-0.05, 0) is 19.1 Å². The maximum atomic E-state index is 12.3. The lowest BCUT2D eigenvalue weighted by atomic mass is 9.99. The zero-order chi connectivity index (χ0) is 13.2. The van der Waals surface area contributed by atoms with Gasteiger partial charge in [-0.3, -0.25) is 0 Å². The smallest absolute Gasteiger partial charge is 0.379 e. The maximum absolute atomic E-state index is 12.3. The van der Waals surface area contributed by atoms with Gasteiger partial charge in [-0.1, -0.05) is 18.2 Å². The molecule has 1 unspecified atom stereocenters. The summed E-state index contributed by atoms with van der Waals surface area (Å²) in [7, 11) is 0. The molecular formula is C14H17NO3. The highest BCUT2D eigenvalue weighted by Crippen LogP contribution is 2.28. The van der Waals surface area contributed by atoms with E-state index in [0.29, 0.717) is 25.2 Å². The summed E-state index contributed by atoms with van der Waals surface area (Å²) in [5.41, 5.74) is 0.452. The number of carbonyl (C=O) groups excluding carboxylic acids is 1. The maximum Gasteiger partial charge on any atom is 0.379 e. The van der Waals surface area contributed by atoms with Gasteiger partial charge in [0.15, 0.2) is 5.71 Å². The number of benzene rings is 1. The highest BCUT2D eigenvalue weighted by atomic mass is 16.5. The first-order chi connectivity index (χ1) is 8.59. The fourth-order valence-corrected chi connectivity index (χ4v) is 2.23. The summed E-state index contributed by atoms with van der Waals surface area (Å²) in [5, 5.41) is 12.3. The highest BCUT2D eigenvalue weighted by Gasteiger charge is 2.49. The molecule has 1 aliphatic heterocycles. The quantitative estimate of drug-likeness (QED) is 0.467. The first-order valence-electron chi connectivity index (χ1n) is 6.15. The van der Waals surface area contributed by atoms with Gasteiger partial charge in [0.2, 0.25) is 0 Å². The molecule has 4 nitrogen and oxygen atoms in total. The second-order valence-corrected chi connectivity index (χ2v) is 4.60. The zero-order valence-electron chi connectivity index (χ0n) is 10.7. The van der Waals surface area contributed by atoms with Gasteiger partial charge in [0, 0.05) is 25.3 Å². The lowest BCUT2D eigenvalue weighted by Crippen LogP contribution is -2.43. The van der Waals surface area contributed by atoms with Crippen LogP contribution in [-0.2, 0) is 9.53 Å². The minimum Gasteiger partial charge on any atom is -0.623 e. The zero-order valence-corrected chi connectivity index (χ0v) is 10.7. The minimum absolute atomic E-state index is 0.295. The number of carbonyl (C=O) groups is 1. The topological polar surface area (TPSA) is 52.4 Å². The Morgan fingerprint density at radius 3 is 2.72 bits per heavy atom. The third-order valence-corrected chi connectivity index (χ3v) is 3.36. The number of hydroxylamine groups is 1. The van der Waals surface area contributed by atoms with Crippen molar-refractivity contribution in [1.82, 2.24) is 0 Å². The third kappa shape index (κ3) is 1.98. The monoisotopic (exact) mass is 247 g/mol. The Balaban J connectivity index is 2.35. The van der Waals surface area contributed by atoms with E-state index in [4.69, 9.17) is 4.74 Å². The molecule has 0 spiro atoms. The molecule has 0 radical (unpaired) electrons. The Bertz CT molecular complexity index is 481. The van der Waals surface area contributed by atoms with Crippen LogP contribution in [0, 0.1) is 5.21 Å². The van der Waals surface area contributed by atoms with E-state index in [-0.39, 0.29) is 0 Å². The molecule has 4 heteroatoms. The highest BCUT2D eigenvalue weighted by molar-refractivity contribution is 5.99. The van der Waals surface area contributed by atoms with Crippen molar-refractivity contribution in [3.8, 4) is 0 Å². The van der Waals surface area contributed by atoms with Gasteiger partial charge in [0.1, 0.15) is 0 Å². The summed E-state index contributed by atoms with van der Waals surface area (Å²) in [5.74, 6) is -0.439. The van der Waals surface area contributed by atoms with Gasteiger partial charge in [0.25, 0.3) is 5.54 Å². The Morgan fingerprint density at radius 1 is 1.44 bits per heavy atom. The molecule has 0 aromatic heterocycles. The molecule has 1 aromatic rings. The summed E-state index contributed by atoms with van der Waals surface area (Å²) in [6, 6.07) is 9.44. The number of rotatable bonds is 3. The number of nitrogens with zero attached hydrogens (tertiary/aromatic N) is 1. The molecule has 96 valence electrons. The van der Waals surface area contributed by atoms with Crippen molar-refractivity contribution < 1.29 is 14.3 Å². The van der Waals surface area contributed by atoms with Crippen LogP contribution < -0.4 is 0 Å². The molecule has 0 bridgehead atoms. The second-order valence-electron chi connectivity index (χ2n) is 4.60. The number of esters is 1. The molecule has 0 amide bonds. The van der Waals surface area contributed by atoms with Gasteiger partial charge in [-0.25, -0.2) is 4.79 Å². The van der Waals surface area contributed by atoms with Crippen LogP contribution in [0.5, 0.6) is 0 Å². The van der Waals surface area contributed by atoms with E-state index in [1.54, 1.807) is 13.8 Å². The van der Waals surface area contributed by atoms with Gasteiger partial charge in [-0.15, -0.1) is 0 Å². The fraction of sp³-hybridized carbons (Fsp3) is 0.429. The standard InChI is InChI=1S/C14H17NO3/c1-3-18-13(16)14(2)10-9-12(15(14)17)11-7-5-4-6-8-11/h4-8H,3,9-10H2,1-2H3. The summed E-state index contributed by atoms with van der Waals surface area (Å²) < 4.78 is 5.81. The lowest BCUT2D eigenvalue weighted by molar-refractivity contribution is -0.521. The summed E-state index contributed by atoms with van der Waals surface area (Å²) in [6.07, 6.45) is 1.10. The Hall–Kier alpha value is -1.84. The van der Waals surface area contributed by atoms with Crippen molar-refractivity contribution in [2.45, 2.75) is 32.2 Å². The summed E-state index contributed by atoms with van der Waals surface area (Å²) >= 11 is 0. The number of hydrogen-bond acceptors (Lipinski definition) is 3. The van der Waals surface area contributed by atoms with Crippen LogP contribution in [0.3, 0.4) is 0 Å². The third-order valence-electron chi connectivity index (χ3n) is 3.36. The molecule has 0 saturated heterocycles. The van der Waals surface area contributed by atoms with Crippen LogP contribution in [0.2, 0.25) is 0 Å². The Labute approximate surface area is 106 Å². The Kier molecular flexibility index (Phi) is 3.36. The van der Waals surface area contributed by atoms with Crippen molar-refractivity contribution in [1.29, 1.82) is 0 Å². The molecule has 0 saturated carbocycles. The van der Waals surface area contributed by atoms with Gasteiger partial charge >= 0.3 is 5.97 Å². The largest absolute Gasteiger partial charge is 0.623 e. The van der Waals surface area contributed by atoms with E-state index < -0.39 is 11.5 Å². The van der Waals surface area contributed by atoms with Crippen molar-refractivity contribution >= 4 is 11.7 Å². The minimum atomic E-state index is -1.08. The SMILES string of the molecule is CCOC(=O)C1(C)CCC(c2ccccc2)=[N+]1[O-]. The van der Waals surface area contributed by atoms with Crippen LogP contribution >= 0.6 is 0 Å². The van der Waals surface area contributed by atoms with Crippen LogP contribution in [0.15, 0.2) is 30.3 Å². The second kappa shape index (κ2) is 4.80. The number of ether oxygens (including phenoxy) is 1. The molecular weight excluding hydrogens is 230 g/mol. The first kappa shape index (κ1) is 12.6. The molecule has 1 aromatic carbocycles. The van der Waals surface area contributed by atoms with E-state index in [2.05, 4.69) is 0 Å². The van der Waals surface area contributed by atoms with Gasteiger partial charge in [0.05, 0.1) is 6.61 Å². The van der Waals surface area contributed by atoms with E-state index in [9.17, 15) is 10.0 Å². The van der Waals surface area contributed by atoms with E-state index in [1.807, 2.05) is 30.3 Å². The van der Waals surface area contributed by atoms with Crippen LogP contribution in [0.4, 0.5) is 0 Å². The fourth-order valence-electron chi connectivity index (χ4n) is 2.23. The summed E-state index contributed by atoms with van der Waals surface area (Å²) in [4.78, 5) is 11.9. The molecule has 1 atom stereocenters. The van der Waals surface area contributed by atoms with Gasteiger partial charge < -0.3 is 9.94 Å². The van der Waals surface area contributed by atoms with E-state index in [0.717, 1.165) is 10.3 Å². The molecule has 1 aliphatic rings. The van der Waals surface area contributed by atoms with Crippen LogP contribution in [0.25, 0.3) is 0 Å². The molecule has 0 N–H and O–H groups in total. The molecule has 0 fully saturated rings. The first-order valence-corrected chi connectivity index (χ1v) is 6.15. The normalized spacial score (nSPS) is 23.2. The predicted molar refractivity (Wildman–Crippen MR) is 68.5 cm³/mol. The van der Waals surface area contributed by atoms with Crippen LogP contribution in [0.1, 0.15) is 32.3 Å². The molecule has 0 aliphatic carbocycles. The average Bonchev–Trinajstić information content (AvgIpc) is 2.69. The van der Waals surface area contributed by atoms with Crippen LogP contribution in [-0.4, -0.2) is 28.6 Å². The van der Waals surface area contributed by atoms with E-state index >= 15 is 0 Å². The van der Waals surface area contributed by atoms with Crippen molar-refractivity contribution in [2.24, 2.45) is 0 Å².